The van der Waals surface area contributed by atoms with Crippen LogP contribution in [0.2, 0.25) is 0 Å². The van der Waals surface area contributed by atoms with E-state index in [1.807, 2.05) is 0 Å². The van der Waals surface area contributed by atoms with Gasteiger partial charge >= 0.3 is 12.1 Å². The second kappa shape index (κ2) is 3.76. The summed E-state index contributed by atoms with van der Waals surface area (Å²) in [7, 11) is 1.15. The summed E-state index contributed by atoms with van der Waals surface area (Å²) in [6.07, 6.45) is -3.53. The minimum Gasteiger partial charge on any atom is -0.464 e. The highest BCUT2D eigenvalue weighted by Gasteiger charge is 2.35. The Bertz CT molecular complexity index is 574. The second-order valence-corrected chi connectivity index (χ2v) is 3.29. The van der Waals surface area contributed by atoms with Crippen LogP contribution in [0.3, 0.4) is 0 Å². The lowest BCUT2D eigenvalue weighted by molar-refractivity contribution is -0.139. The number of hydrogen-bond acceptors (Lipinski definition) is 3. The van der Waals surface area contributed by atoms with Crippen molar-refractivity contribution in [1.29, 1.82) is 0 Å². The molecule has 0 amide bonds. The first kappa shape index (κ1) is 11.4. The van der Waals surface area contributed by atoms with Crippen molar-refractivity contribution in [2.45, 2.75) is 6.18 Å². The zero-order valence-electron chi connectivity index (χ0n) is 8.63. The first-order valence-electron chi connectivity index (χ1n) is 4.56. The fourth-order valence-electron chi connectivity index (χ4n) is 1.50. The van der Waals surface area contributed by atoms with E-state index in [2.05, 4.69) is 14.7 Å². The van der Waals surface area contributed by atoms with Crippen LogP contribution in [0.25, 0.3) is 10.9 Å². The molecule has 0 unspecified atom stereocenters. The number of esters is 1. The Labute approximate surface area is 93.4 Å². The average Bonchev–Trinajstić information content (AvgIpc) is 2.69. The molecule has 0 aliphatic heterocycles. The number of alkyl halides is 3. The molecular formula is C10H7F3N2O2. The summed E-state index contributed by atoms with van der Waals surface area (Å²) in [5, 5.41) is -0.152. The van der Waals surface area contributed by atoms with Gasteiger partial charge in [0.05, 0.1) is 7.11 Å². The lowest BCUT2D eigenvalue weighted by atomic mass is 10.2. The van der Waals surface area contributed by atoms with E-state index in [1.165, 1.54) is 6.07 Å². The molecule has 4 nitrogen and oxygen atoms in total. The Morgan fingerprint density at radius 2 is 2.18 bits per heavy atom. The van der Waals surface area contributed by atoms with Crippen molar-refractivity contribution in [3.63, 3.8) is 0 Å². The van der Waals surface area contributed by atoms with Crippen LogP contribution >= 0.6 is 0 Å². The number of rotatable bonds is 1. The van der Waals surface area contributed by atoms with Crippen molar-refractivity contribution in [1.82, 2.24) is 9.97 Å². The Balaban J connectivity index is 2.65. The molecule has 0 bridgehead atoms. The Morgan fingerprint density at radius 1 is 1.47 bits per heavy atom. The van der Waals surface area contributed by atoms with Crippen molar-refractivity contribution in [2.75, 3.05) is 7.11 Å². The summed E-state index contributed by atoms with van der Waals surface area (Å²) in [5.41, 5.74) is -0.880. The fourth-order valence-corrected chi connectivity index (χ4v) is 1.50. The molecule has 0 spiro atoms. The third kappa shape index (κ3) is 1.95. The smallest absolute Gasteiger partial charge is 0.434 e. The monoisotopic (exact) mass is 244 g/mol. The number of aromatic amines is 1. The number of methoxy groups -OCH3 is 1. The molecule has 0 aliphatic rings. The molecule has 0 fully saturated rings. The largest absolute Gasteiger partial charge is 0.464 e. The fraction of sp³-hybridized carbons (Fsp3) is 0.200. The maximum absolute atomic E-state index is 12.6. The first-order valence-corrected chi connectivity index (χ1v) is 4.56. The minimum absolute atomic E-state index is 0.0407. The van der Waals surface area contributed by atoms with Crippen LogP contribution in [0, 0.1) is 0 Å². The van der Waals surface area contributed by atoms with Gasteiger partial charge in [-0.1, -0.05) is 0 Å². The normalized spacial score (nSPS) is 11.8. The Kier molecular flexibility index (Phi) is 2.53. The van der Waals surface area contributed by atoms with Crippen LogP contribution in [-0.2, 0) is 10.9 Å². The molecule has 2 heterocycles. The molecular weight excluding hydrogens is 237 g/mol. The Hall–Kier alpha value is -2.05. The number of carbonyl (C=O) groups excluding carboxylic acids is 1. The molecule has 2 aromatic heterocycles. The molecule has 0 radical (unpaired) electrons. The molecule has 0 aromatic carbocycles. The van der Waals surface area contributed by atoms with Gasteiger partial charge in [-0.25, -0.2) is 4.79 Å². The average molecular weight is 244 g/mol. The van der Waals surface area contributed by atoms with Crippen LogP contribution in [0.4, 0.5) is 13.2 Å². The number of aromatic nitrogens is 2. The summed E-state index contributed by atoms with van der Waals surface area (Å²) in [6.45, 7) is 0. The number of hydrogen-bond donors (Lipinski definition) is 1. The van der Waals surface area contributed by atoms with E-state index in [0.717, 1.165) is 19.4 Å². The number of ether oxygens (including phenoxy) is 1. The molecule has 90 valence electrons. The molecule has 7 heteroatoms. The second-order valence-electron chi connectivity index (χ2n) is 3.29. The topological polar surface area (TPSA) is 55.0 Å². The van der Waals surface area contributed by atoms with E-state index >= 15 is 0 Å². The van der Waals surface area contributed by atoms with Crippen LogP contribution in [0.5, 0.6) is 0 Å². The predicted molar refractivity (Wildman–Crippen MR) is 52.4 cm³/mol. The number of fused-ring (bicyclic) bond motifs is 1. The lowest BCUT2D eigenvalue weighted by Gasteiger charge is -2.05. The van der Waals surface area contributed by atoms with Gasteiger partial charge in [0.25, 0.3) is 0 Å². The van der Waals surface area contributed by atoms with Crippen molar-refractivity contribution in [2.24, 2.45) is 0 Å². The molecule has 17 heavy (non-hydrogen) atoms. The van der Waals surface area contributed by atoms with Crippen LogP contribution < -0.4 is 0 Å². The van der Waals surface area contributed by atoms with Gasteiger partial charge in [0.1, 0.15) is 5.69 Å². The van der Waals surface area contributed by atoms with Crippen LogP contribution in [0.1, 0.15) is 16.2 Å². The van der Waals surface area contributed by atoms with Gasteiger partial charge in [-0.2, -0.15) is 13.2 Å². The van der Waals surface area contributed by atoms with Gasteiger partial charge in [0.2, 0.25) is 0 Å². The van der Waals surface area contributed by atoms with E-state index in [4.69, 9.17) is 0 Å². The summed E-state index contributed by atoms with van der Waals surface area (Å²) < 4.78 is 42.3. The molecule has 0 saturated heterocycles. The van der Waals surface area contributed by atoms with Crippen molar-refractivity contribution in [3.05, 3.63) is 29.7 Å². The number of pyridine rings is 1. The number of halogens is 3. The number of nitrogens with one attached hydrogen (secondary N) is 1. The maximum Gasteiger partial charge on any atom is 0.434 e. The molecule has 2 aromatic rings. The number of carbonyl (C=O) groups is 1. The zero-order valence-corrected chi connectivity index (χ0v) is 8.63. The Morgan fingerprint density at radius 3 is 2.76 bits per heavy atom. The molecule has 1 N–H and O–H groups in total. The quantitative estimate of drug-likeness (QED) is 0.783. The van der Waals surface area contributed by atoms with E-state index in [1.54, 1.807) is 0 Å². The third-order valence-corrected chi connectivity index (χ3v) is 2.22. The van der Waals surface area contributed by atoms with Gasteiger partial charge in [-0.3, -0.25) is 4.98 Å². The van der Waals surface area contributed by atoms with Gasteiger partial charge < -0.3 is 9.72 Å². The molecule has 2 rings (SSSR count). The third-order valence-electron chi connectivity index (χ3n) is 2.22. The summed E-state index contributed by atoms with van der Waals surface area (Å²) in [6, 6.07) is 2.44. The number of nitrogens with zero attached hydrogens (tertiary/aromatic N) is 1. The van der Waals surface area contributed by atoms with Crippen molar-refractivity contribution < 1.29 is 22.7 Å². The summed E-state index contributed by atoms with van der Waals surface area (Å²) >= 11 is 0. The van der Waals surface area contributed by atoms with Crippen molar-refractivity contribution >= 4 is 16.9 Å². The SMILES string of the molecule is COC(=O)c1cc2c(C(F)(F)F)nccc2[nH]1. The standard InChI is InChI=1S/C10H7F3N2O2/c1-17-9(16)7-4-5-6(15-7)2-3-14-8(5)10(11,12)13/h2-4,15H,1H3. The van der Waals surface area contributed by atoms with Gasteiger partial charge in [0.15, 0.2) is 5.69 Å². The minimum atomic E-state index is -4.56. The number of H-pyrrole nitrogens is 1. The molecule has 0 atom stereocenters. The van der Waals surface area contributed by atoms with Gasteiger partial charge in [0, 0.05) is 17.1 Å². The van der Waals surface area contributed by atoms with E-state index in [0.29, 0.717) is 0 Å². The highest BCUT2D eigenvalue weighted by Crippen LogP contribution is 2.33. The molecule has 0 saturated carbocycles. The van der Waals surface area contributed by atoms with E-state index < -0.39 is 17.8 Å². The highest BCUT2D eigenvalue weighted by molar-refractivity contribution is 5.95. The lowest BCUT2D eigenvalue weighted by Crippen LogP contribution is -2.07. The van der Waals surface area contributed by atoms with Crippen LogP contribution in [-0.4, -0.2) is 23.0 Å². The van der Waals surface area contributed by atoms with Gasteiger partial charge in [-0.15, -0.1) is 0 Å². The molecule has 0 aliphatic carbocycles. The van der Waals surface area contributed by atoms with Crippen molar-refractivity contribution in [3.8, 4) is 0 Å². The summed E-state index contributed by atoms with van der Waals surface area (Å²) in [4.78, 5) is 17.0. The predicted octanol–water partition coefficient (Wildman–Crippen LogP) is 2.37. The maximum atomic E-state index is 12.6. The van der Waals surface area contributed by atoms with E-state index in [9.17, 15) is 18.0 Å². The zero-order chi connectivity index (χ0) is 12.6. The van der Waals surface area contributed by atoms with E-state index in [-0.39, 0.29) is 16.6 Å². The highest BCUT2D eigenvalue weighted by atomic mass is 19.4. The van der Waals surface area contributed by atoms with Gasteiger partial charge in [-0.05, 0) is 12.1 Å². The summed E-state index contributed by atoms with van der Waals surface area (Å²) in [5.74, 6) is -0.727. The van der Waals surface area contributed by atoms with Crippen LogP contribution in [0.15, 0.2) is 18.3 Å². The first-order chi connectivity index (χ1) is 7.93.